The summed E-state index contributed by atoms with van der Waals surface area (Å²) in [5.41, 5.74) is 19.5. The number of allylic oxidation sites excluding steroid dienone is 4. The number of anilines is 3. The van der Waals surface area contributed by atoms with E-state index in [1.165, 1.54) is 83.8 Å². The molecule has 1 spiro atoms. The summed E-state index contributed by atoms with van der Waals surface area (Å²) >= 11 is 0. The van der Waals surface area contributed by atoms with Gasteiger partial charge in [-0.3, -0.25) is 0 Å². The Morgan fingerprint density at radius 1 is 0.434 bits per heavy atom. The number of fused-ring (bicyclic) bond motifs is 13. The molecule has 7 aromatic rings. The Kier molecular flexibility index (Phi) is 6.41. The first-order chi connectivity index (χ1) is 26.1. The second-order valence-electron chi connectivity index (χ2n) is 15.6. The van der Waals surface area contributed by atoms with Crippen LogP contribution in [0.4, 0.5) is 17.1 Å². The minimum atomic E-state index is -0.247. The van der Waals surface area contributed by atoms with Gasteiger partial charge in [-0.15, -0.1) is 0 Å². The van der Waals surface area contributed by atoms with Crippen LogP contribution < -0.4 is 4.90 Å². The maximum absolute atomic E-state index is 2.52. The van der Waals surface area contributed by atoms with Gasteiger partial charge >= 0.3 is 0 Å². The van der Waals surface area contributed by atoms with Crippen molar-refractivity contribution < 1.29 is 0 Å². The van der Waals surface area contributed by atoms with Crippen LogP contribution >= 0.6 is 0 Å². The van der Waals surface area contributed by atoms with E-state index in [0.29, 0.717) is 0 Å². The third-order valence-electron chi connectivity index (χ3n) is 12.8. The summed E-state index contributed by atoms with van der Waals surface area (Å²) < 4.78 is 0. The third-order valence-corrected chi connectivity index (χ3v) is 12.8. The van der Waals surface area contributed by atoms with Gasteiger partial charge in [0.2, 0.25) is 0 Å². The Morgan fingerprint density at radius 3 is 1.72 bits per heavy atom. The summed E-state index contributed by atoms with van der Waals surface area (Å²) in [5, 5.41) is 0. The lowest BCUT2D eigenvalue weighted by Gasteiger charge is -2.36. The molecular weight excluding hydrogens is 639 g/mol. The Bertz CT molecular complexity index is 2630. The van der Waals surface area contributed by atoms with Crippen molar-refractivity contribution >= 4 is 17.1 Å². The SMILES string of the molecule is CC1(C)c2ccccc2-c2ccc(N(c3ccc4c(c3)C3C=CC=CC3C43c4ccccc4-c4ccccc43)c3ccccc3-c3ccccc3)cc21. The lowest BCUT2D eigenvalue weighted by molar-refractivity contribution is 0.465. The smallest absolute Gasteiger partial charge is 0.0540 e. The molecule has 0 saturated heterocycles. The molecule has 53 heavy (non-hydrogen) atoms. The zero-order valence-electron chi connectivity index (χ0n) is 30.0. The van der Waals surface area contributed by atoms with Crippen LogP contribution in [0, 0.1) is 5.92 Å². The molecule has 0 radical (unpaired) electrons. The minimum Gasteiger partial charge on any atom is -0.310 e. The zero-order valence-corrected chi connectivity index (χ0v) is 30.0. The maximum Gasteiger partial charge on any atom is 0.0540 e. The van der Waals surface area contributed by atoms with Crippen molar-refractivity contribution in [3.63, 3.8) is 0 Å². The van der Waals surface area contributed by atoms with Crippen LogP contribution in [-0.2, 0) is 10.8 Å². The zero-order chi connectivity index (χ0) is 35.3. The largest absolute Gasteiger partial charge is 0.310 e. The number of para-hydroxylation sites is 1. The molecule has 2 atom stereocenters. The molecule has 0 bridgehead atoms. The van der Waals surface area contributed by atoms with E-state index >= 15 is 0 Å². The van der Waals surface area contributed by atoms with Crippen molar-refractivity contribution in [3.8, 4) is 33.4 Å². The Hall–Kier alpha value is -6.18. The molecule has 7 aromatic carbocycles. The molecule has 0 aromatic heterocycles. The van der Waals surface area contributed by atoms with E-state index in [9.17, 15) is 0 Å². The predicted octanol–water partition coefficient (Wildman–Crippen LogP) is 13.3. The number of hydrogen-bond donors (Lipinski definition) is 0. The van der Waals surface area contributed by atoms with Crippen LogP contribution in [0.25, 0.3) is 33.4 Å². The molecule has 1 heteroatoms. The first kappa shape index (κ1) is 30.4. The standard InChI is InChI=1S/C52H39N/c1-51(2)44-23-11-6-19-38(44)42-30-28-36(33-49(42)51)53(50-27-15-10-18-37(50)34-16-4-3-5-17-34)35-29-31-48-43(32-35)41-22-9-14-26-47(41)52(48)45-24-12-7-20-39(45)40-21-8-13-25-46(40)52/h3-33,41,47H,1-2H3. The normalized spacial score (nSPS) is 18.5. The van der Waals surface area contributed by atoms with E-state index in [1.807, 2.05) is 0 Å². The third kappa shape index (κ3) is 4.08. The fourth-order valence-corrected chi connectivity index (χ4v) is 10.5. The lowest BCUT2D eigenvalue weighted by Crippen LogP contribution is -2.32. The van der Waals surface area contributed by atoms with Gasteiger partial charge in [-0.2, -0.15) is 0 Å². The van der Waals surface area contributed by atoms with E-state index in [-0.39, 0.29) is 22.7 Å². The molecule has 0 aliphatic heterocycles. The highest BCUT2D eigenvalue weighted by Gasteiger charge is 2.57. The van der Waals surface area contributed by atoms with Crippen LogP contribution in [0.1, 0.15) is 53.1 Å². The molecule has 2 unspecified atom stereocenters. The number of benzene rings is 7. The van der Waals surface area contributed by atoms with E-state index < -0.39 is 0 Å². The van der Waals surface area contributed by atoms with Crippen molar-refractivity contribution in [2.24, 2.45) is 5.92 Å². The van der Waals surface area contributed by atoms with Crippen LogP contribution in [0.15, 0.2) is 188 Å². The van der Waals surface area contributed by atoms with Gasteiger partial charge in [-0.25, -0.2) is 0 Å². The second kappa shape index (κ2) is 11.2. The molecule has 4 aliphatic carbocycles. The van der Waals surface area contributed by atoms with Crippen molar-refractivity contribution in [2.75, 3.05) is 4.90 Å². The molecule has 0 saturated carbocycles. The van der Waals surface area contributed by atoms with E-state index in [4.69, 9.17) is 0 Å². The maximum atomic E-state index is 2.52. The fraction of sp³-hybridized carbons (Fsp3) is 0.115. The average molecular weight is 678 g/mol. The average Bonchev–Trinajstić information content (AvgIpc) is 3.77. The molecule has 1 nitrogen and oxygen atoms in total. The van der Waals surface area contributed by atoms with Gasteiger partial charge in [-0.1, -0.05) is 172 Å². The first-order valence-corrected chi connectivity index (χ1v) is 18.9. The molecule has 11 rings (SSSR count). The highest BCUT2D eigenvalue weighted by atomic mass is 15.1. The molecule has 0 fully saturated rings. The van der Waals surface area contributed by atoms with E-state index in [0.717, 1.165) is 0 Å². The summed E-state index contributed by atoms with van der Waals surface area (Å²) in [6, 6.07) is 61.5. The molecule has 4 aliphatic rings. The van der Waals surface area contributed by atoms with E-state index in [1.54, 1.807) is 0 Å². The van der Waals surface area contributed by atoms with Crippen LogP contribution in [0.5, 0.6) is 0 Å². The summed E-state index contributed by atoms with van der Waals surface area (Å²) in [7, 11) is 0. The number of hydrogen-bond acceptors (Lipinski definition) is 1. The minimum absolute atomic E-state index is 0.105. The molecular formula is C52H39N. The van der Waals surface area contributed by atoms with Crippen molar-refractivity contribution in [3.05, 3.63) is 221 Å². The Labute approximate surface area is 312 Å². The molecule has 0 heterocycles. The van der Waals surface area contributed by atoms with Crippen LogP contribution in [0.2, 0.25) is 0 Å². The lowest BCUT2D eigenvalue weighted by atomic mass is 9.65. The van der Waals surface area contributed by atoms with Crippen molar-refractivity contribution in [1.29, 1.82) is 0 Å². The summed E-state index contributed by atoms with van der Waals surface area (Å²) in [4.78, 5) is 2.51. The van der Waals surface area contributed by atoms with Gasteiger partial charge in [0.05, 0.1) is 11.1 Å². The molecule has 252 valence electrons. The highest BCUT2D eigenvalue weighted by molar-refractivity contribution is 5.92. The first-order valence-electron chi connectivity index (χ1n) is 18.9. The van der Waals surface area contributed by atoms with Crippen molar-refractivity contribution in [2.45, 2.75) is 30.6 Å². The summed E-state index contributed by atoms with van der Waals surface area (Å²) in [6.07, 6.45) is 9.45. The number of nitrogens with zero attached hydrogens (tertiary/aromatic N) is 1. The Balaban J connectivity index is 1.16. The molecule has 0 amide bonds. The van der Waals surface area contributed by atoms with Gasteiger partial charge in [0.25, 0.3) is 0 Å². The number of rotatable bonds is 4. The summed E-state index contributed by atoms with van der Waals surface area (Å²) in [5.74, 6) is 0.542. The van der Waals surface area contributed by atoms with Gasteiger partial charge in [0.1, 0.15) is 0 Å². The fourth-order valence-electron chi connectivity index (χ4n) is 10.5. The van der Waals surface area contributed by atoms with Crippen LogP contribution in [-0.4, -0.2) is 0 Å². The second-order valence-corrected chi connectivity index (χ2v) is 15.6. The predicted molar refractivity (Wildman–Crippen MR) is 220 cm³/mol. The van der Waals surface area contributed by atoms with Gasteiger partial charge in [0, 0.05) is 34.2 Å². The Morgan fingerprint density at radius 2 is 0.981 bits per heavy atom. The van der Waals surface area contributed by atoms with Crippen LogP contribution in [0.3, 0.4) is 0 Å². The van der Waals surface area contributed by atoms with E-state index in [2.05, 4.69) is 207 Å². The van der Waals surface area contributed by atoms with Gasteiger partial charge < -0.3 is 4.90 Å². The van der Waals surface area contributed by atoms with Crippen molar-refractivity contribution in [1.82, 2.24) is 0 Å². The van der Waals surface area contributed by atoms with Gasteiger partial charge in [-0.05, 0) is 91.5 Å². The topological polar surface area (TPSA) is 3.24 Å². The summed E-state index contributed by atoms with van der Waals surface area (Å²) in [6.45, 7) is 4.75. The molecule has 0 N–H and O–H groups in total. The highest BCUT2D eigenvalue weighted by Crippen LogP contribution is 2.65. The quantitative estimate of drug-likeness (QED) is 0.179. The monoisotopic (exact) mass is 677 g/mol. The van der Waals surface area contributed by atoms with Gasteiger partial charge in [0.15, 0.2) is 0 Å².